The molecule has 54 heavy (non-hydrogen) atoms. The molecule has 0 saturated heterocycles. The summed E-state index contributed by atoms with van der Waals surface area (Å²) in [5, 5.41) is -7.08. The van der Waals surface area contributed by atoms with Crippen molar-refractivity contribution in [1.82, 2.24) is 0 Å². The summed E-state index contributed by atoms with van der Waals surface area (Å²) in [6.45, 7) is 0. The van der Waals surface area contributed by atoms with E-state index >= 15 is 0 Å². The highest BCUT2D eigenvalue weighted by atomic mass is 16.3. The van der Waals surface area contributed by atoms with E-state index in [0.717, 1.165) is 0 Å². The first-order valence-corrected chi connectivity index (χ1v) is 16.1. The fourth-order valence-electron chi connectivity index (χ4n) is 6.87. The minimum Gasteiger partial charge on any atom is -0.456 e. The molecule has 12 rings (SSSR count). The molecule has 12 aromatic rings. The van der Waals surface area contributed by atoms with Gasteiger partial charge < -0.3 is 8.83 Å². The predicted molar refractivity (Wildman–Crippen MR) is 227 cm³/mol. The summed E-state index contributed by atoms with van der Waals surface area (Å²) in [7, 11) is 0. The zero-order valence-electron chi connectivity index (χ0n) is 56.8. The molecule has 2 nitrogen and oxygen atoms in total. The highest BCUT2D eigenvalue weighted by Gasteiger charge is 2.19. The molecule has 0 aliphatic heterocycles. The van der Waals surface area contributed by atoms with E-state index in [1.165, 1.54) is 0 Å². The third-order valence-electron chi connectivity index (χ3n) is 9.15. The van der Waals surface area contributed by atoms with Crippen molar-refractivity contribution in [2.45, 2.75) is 0 Å². The molecule has 2 heterocycles. The van der Waals surface area contributed by atoms with Gasteiger partial charge in [-0.3, -0.25) is 0 Å². The molecule has 10 aromatic carbocycles. The minimum atomic E-state index is -1.12. The van der Waals surface area contributed by atoms with E-state index < -0.39 is 285 Å². The molecule has 0 N–H and O–H groups in total. The van der Waals surface area contributed by atoms with Gasteiger partial charge in [0.15, 0.2) is 0 Å². The van der Waals surface area contributed by atoms with Crippen molar-refractivity contribution < 1.29 is 50.0 Å². The Bertz CT molecular complexity index is 5170. The molecule has 0 unspecified atom stereocenters. The van der Waals surface area contributed by atoms with Crippen LogP contribution < -0.4 is 0 Å². The Morgan fingerprint density at radius 3 is 1.50 bits per heavy atom. The largest absolute Gasteiger partial charge is 0.456 e. The third-order valence-corrected chi connectivity index (χ3v) is 9.15. The first-order chi connectivity index (χ1) is 39.3. The van der Waals surface area contributed by atoms with Crippen LogP contribution in [-0.2, 0) is 0 Å². The quantitative estimate of drug-likeness (QED) is 0.170. The number of hydrogen-bond acceptors (Lipinski definition) is 2. The molecule has 0 spiro atoms. The van der Waals surface area contributed by atoms with Gasteiger partial charge in [0.05, 0.1) is 41.1 Å². The van der Waals surface area contributed by atoms with Crippen LogP contribution in [0.4, 0.5) is 0 Å². The summed E-state index contributed by atoms with van der Waals surface area (Å²) in [6, 6.07) is -27.4. The molecule has 0 bridgehead atoms. The van der Waals surface area contributed by atoms with Gasteiger partial charge in [-0.25, -0.2) is 0 Å². The van der Waals surface area contributed by atoms with Crippen molar-refractivity contribution in [3.8, 4) is 33.4 Å². The molecule has 2 heteroatoms. The first kappa shape index (κ1) is 12.8. The van der Waals surface area contributed by atoms with Crippen molar-refractivity contribution in [2.75, 3.05) is 0 Å². The van der Waals surface area contributed by atoms with Gasteiger partial charge in [-0.1, -0.05) is 139 Å². The van der Waals surface area contributed by atoms with Crippen LogP contribution in [0.1, 0.15) is 41.1 Å². The standard InChI is InChI=1S/C52H30O2/c1-2-11-32-28-35(21-20-31(32)10-1)49-39-13-3-5-15-41(39)50(42-16-6-4-14-40(42)49)36-23-24-38-33(29-36)12-9-18-37(38)34-22-25-44-48(30-34)54-47-27-26-46-51(52(44)47)43-17-7-8-19-45(43)53-46/h1-30H/i1D,2D,3D,4D,5D,6D,7D,8D,9D,10D,11D,12D,13D,14D,15D,16D,17D,18D,19D,20D,21D,22D,23D,24D,25D,26D,27D,28D,29D,30D. The Morgan fingerprint density at radius 2 is 0.796 bits per heavy atom. The molecule has 0 radical (unpaired) electrons. The van der Waals surface area contributed by atoms with Crippen LogP contribution in [0.15, 0.2) is 190 Å². The molecular formula is C52H30O2. The summed E-state index contributed by atoms with van der Waals surface area (Å²) in [5.74, 6) is 0. The average molecular weight is 717 g/mol. The smallest absolute Gasteiger partial charge is 0.136 e. The SMILES string of the molecule is [2H]c1c([2H])c([2H])c2c(oc3c([2H])c([2H])c4oc5c([2H])c(-c6c([2H])c([2H])c([2H])c7c([2H])c(-c8c9c([2H])c([2H])c([2H])c([2H])c9c(-c9c([2H])c([2H])c%10c([2H])c([2H])c([2H])c([2H])c%10c9[2H])c9c([2H])c([2H])c([2H])c([2H])c89)c([2H])c([2H])c67)c([2H])c([2H])c5c4c32)c1[2H]. The lowest BCUT2D eigenvalue weighted by molar-refractivity contribution is 0.663. The number of hydrogen-bond donors (Lipinski definition) is 0. The van der Waals surface area contributed by atoms with Gasteiger partial charge in [-0.15, -0.1) is 0 Å². The van der Waals surface area contributed by atoms with Crippen LogP contribution in [0.2, 0.25) is 0 Å². The van der Waals surface area contributed by atoms with Crippen molar-refractivity contribution in [3.05, 3.63) is 181 Å². The molecule has 0 aliphatic carbocycles. The fourth-order valence-corrected chi connectivity index (χ4v) is 6.87. The van der Waals surface area contributed by atoms with E-state index in [-0.39, 0.29) is 16.2 Å². The first-order valence-electron chi connectivity index (χ1n) is 31.1. The van der Waals surface area contributed by atoms with Crippen LogP contribution in [-0.4, -0.2) is 0 Å². The van der Waals surface area contributed by atoms with Crippen molar-refractivity contribution in [1.29, 1.82) is 0 Å². The maximum Gasteiger partial charge on any atom is 0.136 e. The van der Waals surface area contributed by atoms with E-state index in [2.05, 4.69) is 0 Å². The maximum atomic E-state index is 9.98. The molecule has 0 atom stereocenters. The van der Waals surface area contributed by atoms with E-state index in [9.17, 15) is 19.2 Å². The van der Waals surface area contributed by atoms with Gasteiger partial charge in [-0.05, 0) is 119 Å². The van der Waals surface area contributed by atoms with Gasteiger partial charge in [0.1, 0.15) is 22.3 Å². The van der Waals surface area contributed by atoms with Gasteiger partial charge in [0, 0.05) is 21.5 Å². The zero-order chi connectivity index (χ0) is 61.4. The van der Waals surface area contributed by atoms with Crippen LogP contribution in [0.5, 0.6) is 0 Å². The van der Waals surface area contributed by atoms with Gasteiger partial charge in [-0.2, -0.15) is 0 Å². The number of rotatable bonds is 3. The highest BCUT2D eigenvalue weighted by Crippen LogP contribution is 2.46. The Labute approximate surface area is 352 Å². The molecule has 250 valence electrons. The van der Waals surface area contributed by atoms with Gasteiger partial charge in [0.2, 0.25) is 0 Å². The Hall–Kier alpha value is -7.16. The van der Waals surface area contributed by atoms with Crippen LogP contribution in [0.3, 0.4) is 0 Å². The molecular weight excluding hydrogens is 657 g/mol. The summed E-state index contributed by atoms with van der Waals surface area (Å²) in [5.41, 5.74) is -6.72. The molecule has 2 aromatic heterocycles. The summed E-state index contributed by atoms with van der Waals surface area (Å²) >= 11 is 0. The van der Waals surface area contributed by atoms with E-state index in [1.807, 2.05) is 0 Å². The van der Waals surface area contributed by atoms with Crippen LogP contribution in [0, 0.1) is 0 Å². The minimum absolute atomic E-state index is 0.235. The zero-order valence-corrected chi connectivity index (χ0v) is 26.8. The van der Waals surface area contributed by atoms with E-state index in [0.29, 0.717) is 0 Å². The van der Waals surface area contributed by atoms with E-state index in [1.54, 1.807) is 0 Å². The summed E-state index contributed by atoms with van der Waals surface area (Å²) in [4.78, 5) is 0. The van der Waals surface area contributed by atoms with Crippen LogP contribution >= 0.6 is 0 Å². The monoisotopic (exact) mass is 716 g/mol. The average Bonchev–Trinajstić information content (AvgIpc) is 1.34. The van der Waals surface area contributed by atoms with Crippen LogP contribution in [0.25, 0.3) is 120 Å². The Balaban J connectivity index is 1.26. The van der Waals surface area contributed by atoms with Gasteiger partial charge >= 0.3 is 0 Å². The van der Waals surface area contributed by atoms with Crippen molar-refractivity contribution in [3.63, 3.8) is 0 Å². The van der Waals surface area contributed by atoms with Gasteiger partial charge in [0.25, 0.3) is 0 Å². The third kappa shape index (κ3) is 4.22. The normalized spacial score (nSPS) is 19.9. The second-order valence-corrected chi connectivity index (χ2v) is 12.0. The summed E-state index contributed by atoms with van der Waals surface area (Å²) < 4.78 is 285. The van der Waals surface area contributed by atoms with E-state index in [4.69, 9.17) is 30.8 Å². The second kappa shape index (κ2) is 11.2. The lowest BCUT2D eigenvalue weighted by Gasteiger charge is -2.18. The van der Waals surface area contributed by atoms with Crippen molar-refractivity contribution in [2.24, 2.45) is 0 Å². The lowest BCUT2D eigenvalue weighted by atomic mass is 9.85. The maximum absolute atomic E-state index is 9.98. The van der Waals surface area contributed by atoms with Crippen molar-refractivity contribution >= 4 is 87.0 Å². The Morgan fingerprint density at radius 1 is 0.296 bits per heavy atom. The molecule has 0 saturated carbocycles. The molecule has 0 aliphatic rings. The lowest BCUT2D eigenvalue weighted by Crippen LogP contribution is -1.91. The number of fused-ring (bicyclic) bond motifs is 11. The molecule has 0 amide bonds. The number of benzene rings is 10. The highest BCUT2D eigenvalue weighted by molar-refractivity contribution is 6.26. The summed E-state index contributed by atoms with van der Waals surface area (Å²) in [6.07, 6.45) is 0. The predicted octanol–water partition coefficient (Wildman–Crippen LogP) is 15.1. The topological polar surface area (TPSA) is 26.3 Å². The Kier molecular flexibility index (Phi) is 2.64. The molecule has 0 fully saturated rings. The number of furan rings is 2. The fraction of sp³-hybridized carbons (Fsp3) is 0. The second-order valence-electron chi connectivity index (χ2n) is 12.0. The number of para-hydroxylation sites is 1.